The van der Waals surface area contributed by atoms with Crippen LogP contribution in [0.5, 0.6) is 5.88 Å². The molecule has 0 saturated heterocycles. The van der Waals surface area contributed by atoms with Crippen molar-refractivity contribution in [3.05, 3.63) is 44.7 Å². The van der Waals surface area contributed by atoms with Crippen molar-refractivity contribution in [2.45, 2.75) is 13.5 Å². The second kappa shape index (κ2) is 5.37. The van der Waals surface area contributed by atoms with Crippen molar-refractivity contribution in [3.63, 3.8) is 0 Å². The zero-order chi connectivity index (χ0) is 13.1. The molecule has 94 valence electrons. The lowest BCUT2D eigenvalue weighted by Gasteiger charge is -2.04. The van der Waals surface area contributed by atoms with Gasteiger partial charge in [-0.15, -0.1) is 11.3 Å². The number of aromatic nitrogens is 1. The van der Waals surface area contributed by atoms with Gasteiger partial charge in [-0.05, 0) is 24.6 Å². The van der Waals surface area contributed by atoms with Crippen molar-refractivity contribution in [1.29, 1.82) is 0 Å². The lowest BCUT2D eigenvalue weighted by Crippen LogP contribution is -2.01. The van der Waals surface area contributed by atoms with Crippen LogP contribution in [0, 0.1) is 6.92 Å². The molecule has 2 rings (SSSR count). The van der Waals surface area contributed by atoms with Crippen LogP contribution in [-0.4, -0.2) is 16.1 Å². The summed E-state index contributed by atoms with van der Waals surface area (Å²) in [6, 6.07) is 7.19. The van der Waals surface area contributed by atoms with Gasteiger partial charge >= 0.3 is 5.97 Å². The quantitative estimate of drug-likeness (QED) is 0.934. The Morgan fingerprint density at radius 1 is 1.56 bits per heavy atom. The molecular weight excluding hydrogens is 274 g/mol. The zero-order valence-corrected chi connectivity index (χ0v) is 11.1. The van der Waals surface area contributed by atoms with Crippen LogP contribution in [0.4, 0.5) is 0 Å². The molecule has 1 heterocycles. The van der Waals surface area contributed by atoms with Crippen molar-refractivity contribution in [3.8, 4) is 5.88 Å². The normalized spacial score (nSPS) is 10.3. The standard InChI is InChI=1S/C12H10ClNO3S/c1-7-14-11(10(18-7)12(15)16)17-6-8-3-2-4-9(13)5-8/h2-5H,6H2,1H3,(H,15,16). The lowest BCUT2D eigenvalue weighted by molar-refractivity contribution is 0.0697. The Hall–Kier alpha value is -1.59. The molecule has 0 radical (unpaired) electrons. The summed E-state index contributed by atoms with van der Waals surface area (Å²) in [7, 11) is 0. The third kappa shape index (κ3) is 3.00. The molecule has 0 unspecified atom stereocenters. The second-order valence-corrected chi connectivity index (χ2v) is 5.23. The second-order valence-electron chi connectivity index (χ2n) is 3.59. The number of ether oxygens (including phenoxy) is 1. The molecule has 4 nitrogen and oxygen atoms in total. The summed E-state index contributed by atoms with van der Waals surface area (Å²) < 4.78 is 5.42. The van der Waals surface area contributed by atoms with Crippen molar-refractivity contribution >= 4 is 28.9 Å². The summed E-state index contributed by atoms with van der Waals surface area (Å²) >= 11 is 6.95. The lowest BCUT2D eigenvalue weighted by atomic mass is 10.2. The Labute approximate surface area is 113 Å². The number of carboxylic acids is 1. The monoisotopic (exact) mass is 283 g/mol. The van der Waals surface area contributed by atoms with E-state index in [2.05, 4.69) is 4.98 Å². The Kier molecular flexibility index (Phi) is 3.84. The van der Waals surface area contributed by atoms with E-state index in [1.807, 2.05) is 12.1 Å². The fourth-order valence-corrected chi connectivity index (χ4v) is 2.34. The van der Waals surface area contributed by atoms with Gasteiger partial charge in [0.25, 0.3) is 0 Å². The summed E-state index contributed by atoms with van der Waals surface area (Å²) in [6.07, 6.45) is 0. The highest BCUT2D eigenvalue weighted by Gasteiger charge is 2.17. The molecule has 0 saturated carbocycles. The van der Waals surface area contributed by atoms with Gasteiger partial charge in [-0.1, -0.05) is 23.7 Å². The Morgan fingerprint density at radius 3 is 3.00 bits per heavy atom. The maximum Gasteiger partial charge on any atom is 0.351 e. The first-order valence-electron chi connectivity index (χ1n) is 5.14. The Morgan fingerprint density at radius 2 is 2.33 bits per heavy atom. The van der Waals surface area contributed by atoms with Crippen molar-refractivity contribution in [2.24, 2.45) is 0 Å². The fraction of sp³-hybridized carbons (Fsp3) is 0.167. The zero-order valence-electron chi connectivity index (χ0n) is 9.51. The van der Waals surface area contributed by atoms with Gasteiger partial charge in [0.2, 0.25) is 5.88 Å². The van der Waals surface area contributed by atoms with Crippen LogP contribution in [0.2, 0.25) is 5.02 Å². The van der Waals surface area contributed by atoms with Crippen molar-refractivity contribution < 1.29 is 14.6 Å². The fourth-order valence-electron chi connectivity index (χ4n) is 1.42. The van der Waals surface area contributed by atoms with E-state index in [0.717, 1.165) is 16.9 Å². The molecule has 0 amide bonds. The van der Waals surface area contributed by atoms with E-state index in [9.17, 15) is 4.79 Å². The van der Waals surface area contributed by atoms with Crippen molar-refractivity contribution in [2.75, 3.05) is 0 Å². The van der Waals surface area contributed by atoms with Gasteiger partial charge in [-0.2, -0.15) is 0 Å². The third-order valence-corrected chi connectivity index (χ3v) is 3.34. The summed E-state index contributed by atoms with van der Waals surface area (Å²) in [5, 5.41) is 10.3. The van der Waals surface area contributed by atoms with E-state index in [1.54, 1.807) is 19.1 Å². The molecule has 0 fully saturated rings. The molecule has 1 aromatic carbocycles. The van der Waals surface area contributed by atoms with Crippen LogP contribution in [0.25, 0.3) is 0 Å². The van der Waals surface area contributed by atoms with Crippen LogP contribution >= 0.6 is 22.9 Å². The first-order chi connectivity index (χ1) is 8.56. The van der Waals surface area contributed by atoms with Crippen LogP contribution in [0.15, 0.2) is 24.3 Å². The van der Waals surface area contributed by atoms with E-state index < -0.39 is 5.97 Å². The van der Waals surface area contributed by atoms with Crippen LogP contribution in [-0.2, 0) is 6.61 Å². The number of hydrogen-bond acceptors (Lipinski definition) is 4. The Bertz CT molecular complexity index is 582. The van der Waals surface area contributed by atoms with Gasteiger partial charge in [-0.25, -0.2) is 9.78 Å². The molecule has 0 aliphatic rings. The van der Waals surface area contributed by atoms with Crippen LogP contribution < -0.4 is 4.74 Å². The highest BCUT2D eigenvalue weighted by atomic mass is 35.5. The number of carbonyl (C=O) groups is 1. The number of aromatic carboxylic acids is 1. The minimum atomic E-state index is -1.03. The first-order valence-corrected chi connectivity index (χ1v) is 6.33. The number of rotatable bonds is 4. The largest absolute Gasteiger partial charge is 0.477 e. The van der Waals surface area contributed by atoms with E-state index in [-0.39, 0.29) is 17.4 Å². The average molecular weight is 284 g/mol. The molecule has 1 aromatic heterocycles. The SMILES string of the molecule is Cc1nc(OCc2cccc(Cl)c2)c(C(=O)O)s1. The summed E-state index contributed by atoms with van der Waals surface area (Å²) in [4.78, 5) is 15.1. The molecular formula is C12H10ClNO3S. The maximum atomic E-state index is 11.0. The molecule has 0 bridgehead atoms. The minimum Gasteiger partial charge on any atom is -0.477 e. The summed E-state index contributed by atoms with van der Waals surface area (Å²) in [6.45, 7) is 1.98. The van der Waals surface area contributed by atoms with E-state index in [4.69, 9.17) is 21.4 Å². The number of halogens is 1. The maximum absolute atomic E-state index is 11.0. The van der Waals surface area contributed by atoms with Gasteiger partial charge in [-0.3, -0.25) is 0 Å². The third-order valence-electron chi connectivity index (χ3n) is 2.16. The van der Waals surface area contributed by atoms with Gasteiger partial charge in [0.05, 0.1) is 5.01 Å². The molecule has 0 aliphatic carbocycles. The van der Waals surface area contributed by atoms with E-state index >= 15 is 0 Å². The number of benzene rings is 1. The van der Waals surface area contributed by atoms with Crippen LogP contribution in [0.3, 0.4) is 0 Å². The molecule has 0 aliphatic heterocycles. The topological polar surface area (TPSA) is 59.4 Å². The van der Waals surface area contributed by atoms with Gasteiger partial charge in [0.15, 0.2) is 4.88 Å². The molecule has 6 heteroatoms. The minimum absolute atomic E-state index is 0.120. The summed E-state index contributed by atoms with van der Waals surface area (Å²) in [5.74, 6) is -0.869. The molecule has 18 heavy (non-hydrogen) atoms. The van der Waals surface area contributed by atoms with Gasteiger partial charge in [0, 0.05) is 5.02 Å². The van der Waals surface area contributed by atoms with Crippen LogP contribution in [0.1, 0.15) is 20.2 Å². The average Bonchev–Trinajstić information content (AvgIpc) is 2.68. The Balaban J connectivity index is 2.13. The molecule has 0 atom stereocenters. The molecule has 1 N–H and O–H groups in total. The van der Waals surface area contributed by atoms with Gasteiger partial charge < -0.3 is 9.84 Å². The predicted octanol–water partition coefficient (Wildman–Crippen LogP) is 3.38. The highest BCUT2D eigenvalue weighted by molar-refractivity contribution is 7.13. The van der Waals surface area contributed by atoms with E-state index in [0.29, 0.717) is 10.0 Å². The number of hydrogen-bond donors (Lipinski definition) is 1. The first kappa shape index (κ1) is 12.9. The number of carboxylic acid groups (broad SMARTS) is 1. The smallest absolute Gasteiger partial charge is 0.351 e. The predicted molar refractivity (Wildman–Crippen MR) is 69.6 cm³/mol. The number of nitrogens with zero attached hydrogens (tertiary/aromatic N) is 1. The number of thiazole rings is 1. The van der Waals surface area contributed by atoms with Gasteiger partial charge in [0.1, 0.15) is 6.61 Å². The molecule has 0 spiro atoms. The molecule has 2 aromatic rings. The summed E-state index contributed by atoms with van der Waals surface area (Å²) in [5.41, 5.74) is 0.865. The number of aryl methyl sites for hydroxylation is 1. The van der Waals surface area contributed by atoms with Crippen molar-refractivity contribution in [1.82, 2.24) is 4.98 Å². The van der Waals surface area contributed by atoms with E-state index in [1.165, 1.54) is 0 Å². The highest BCUT2D eigenvalue weighted by Crippen LogP contribution is 2.25.